The van der Waals surface area contributed by atoms with Crippen molar-refractivity contribution in [2.24, 2.45) is 0 Å². The molecule has 32 heavy (non-hydrogen) atoms. The number of hydrogen-bond acceptors (Lipinski definition) is 3. The molecular weight excluding hydrogens is 396 g/mol. The number of methoxy groups -OCH3 is 1. The molecule has 0 heterocycles. The van der Waals surface area contributed by atoms with Gasteiger partial charge in [-0.1, -0.05) is 72.8 Å². The van der Waals surface area contributed by atoms with E-state index in [4.69, 9.17) is 14.2 Å². The first-order valence-corrected chi connectivity index (χ1v) is 10.7. The van der Waals surface area contributed by atoms with Crippen LogP contribution in [-0.2, 0) is 13.2 Å². The van der Waals surface area contributed by atoms with E-state index in [1.165, 1.54) is 0 Å². The summed E-state index contributed by atoms with van der Waals surface area (Å²) in [4.78, 5) is 0. The Morgan fingerprint density at radius 1 is 0.562 bits per heavy atom. The Kier molecular flexibility index (Phi) is 5.63. The van der Waals surface area contributed by atoms with Crippen molar-refractivity contribution in [2.75, 3.05) is 7.11 Å². The molecule has 0 aliphatic rings. The van der Waals surface area contributed by atoms with Crippen LogP contribution in [0.2, 0.25) is 0 Å². The molecule has 5 aromatic carbocycles. The second kappa shape index (κ2) is 9.03. The highest BCUT2D eigenvalue weighted by atomic mass is 16.5. The molecule has 0 atom stereocenters. The second-order valence-electron chi connectivity index (χ2n) is 7.72. The van der Waals surface area contributed by atoms with Gasteiger partial charge in [-0.25, -0.2) is 0 Å². The van der Waals surface area contributed by atoms with E-state index in [1.54, 1.807) is 7.11 Å². The van der Waals surface area contributed by atoms with E-state index in [0.717, 1.165) is 49.9 Å². The first-order valence-electron chi connectivity index (χ1n) is 10.7. The first-order chi connectivity index (χ1) is 15.8. The minimum atomic E-state index is 0.498. The lowest BCUT2D eigenvalue weighted by Crippen LogP contribution is -1.97. The van der Waals surface area contributed by atoms with E-state index >= 15 is 0 Å². The van der Waals surface area contributed by atoms with Gasteiger partial charge >= 0.3 is 0 Å². The summed E-state index contributed by atoms with van der Waals surface area (Å²) < 4.78 is 17.8. The van der Waals surface area contributed by atoms with Gasteiger partial charge < -0.3 is 14.2 Å². The number of rotatable bonds is 7. The Hall–Kier alpha value is -3.98. The van der Waals surface area contributed by atoms with Crippen LogP contribution < -0.4 is 14.2 Å². The molecule has 0 N–H and O–H groups in total. The Labute approximate surface area is 187 Å². The fraction of sp³-hybridized carbons (Fsp3) is 0.103. The normalized spacial score (nSPS) is 10.9. The Morgan fingerprint density at radius 3 is 1.88 bits per heavy atom. The predicted octanol–water partition coefficient (Wildman–Crippen LogP) is 7.16. The molecule has 0 spiro atoms. The van der Waals surface area contributed by atoms with Gasteiger partial charge in [0.25, 0.3) is 0 Å². The SMILES string of the molecule is COc1cc(OCc2ccccc2)c2c(ccc3cc(OCc4ccccc4)ccc32)c1. The van der Waals surface area contributed by atoms with Crippen LogP contribution in [0.15, 0.2) is 103 Å². The zero-order chi connectivity index (χ0) is 21.8. The minimum absolute atomic E-state index is 0.498. The van der Waals surface area contributed by atoms with Crippen molar-refractivity contribution >= 4 is 21.5 Å². The smallest absolute Gasteiger partial charge is 0.131 e. The highest BCUT2D eigenvalue weighted by Crippen LogP contribution is 2.38. The predicted molar refractivity (Wildman–Crippen MR) is 130 cm³/mol. The summed E-state index contributed by atoms with van der Waals surface area (Å²) in [5.74, 6) is 2.44. The van der Waals surface area contributed by atoms with Crippen molar-refractivity contribution in [3.05, 3.63) is 114 Å². The van der Waals surface area contributed by atoms with E-state index in [1.807, 2.05) is 54.6 Å². The molecule has 0 bridgehead atoms. The van der Waals surface area contributed by atoms with Gasteiger partial charge in [0.05, 0.1) is 7.11 Å². The van der Waals surface area contributed by atoms with Crippen LogP contribution in [0.1, 0.15) is 11.1 Å². The summed E-state index contributed by atoms with van der Waals surface area (Å²) in [6.45, 7) is 1.04. The molecule has 0 amide bonds. The summed E-state index contributed by atoms with van der Waals surface area (Å²) in [5.41, 5.74) is 2.27. The van der Waals surface area contributed by atoms with Crippen molar-refractivity contribution in [3.63, 3.8) is 0 Å². The van der Waals surface area contributed by atoms with Crippen LogP contribution in [0.3, 0.4) is 0 Å². The van der Waals surface area contributed by atoms with Crippen molar-refractivity contribution in [3.8, 4) is 17.2 Å². The fourth-order valence-electron chi connectivity index (χ4n) is 3.91. The number of benzene rings is 5. The molecule has 0 fully saturated rings. The fourth-order valence-corrected chi connectivity index (χ4v) is 3.91. The van der Waals surface area contributed by atoms with Gasteiger partial charge in [-0.2, -0.15) is 0 Å². The van der Waals surface area contributed by atoms with Crippen LogP contribution in [0.25, 0.3) is 21.5 Å². The topological polar surface area (TPSA) is 27.7 Å². The third-order valence-electron chi connectivity index (χ3n) is 5.56. The van der Waals surface area contributed by atoms with E-state index < -0.39 is 0 Å². The van der Waals surface area contributed by atoms with Crippen LogP contribution >= 0.6 is 0 Å². The van der Waals surface area contributed by atoms with Crippen LogP contribution in [0, 0.1) is 0 Å². The highest BCUT2D eigenvalue weighted by Gasteiger charge is 2.11. The Morgan fingerprint density at radius 2 is 1.19 bits per heavy atom. The van der Waals surface area contributed by atoms with E-state index in [0.29, 0.717) is 13.2 Å². The summed E-state index contributed by atoms with van der Waals surface area (Å²) in [6, 6.07) is 34.8. The Bertz CT molecular complexity index is 1350. The summed E-state index contributed by atoms with van der Waals surface area (Å²) in [5, 5.41) is 4.39. The first kappa shape index (κ1) is 20.0. The molecule has 0 radical (unpaired) electrons. The number of fused-ring (bicyclic) bond motifs is 3. The average molecular weight is 421 g/mol. The zero-order valence-corrected chi connectivity index (χ0v) is 18.0. The highest BCUT2D eigenvalue weighted by molar-refractivity contribution is 6.11. The molecule has 0 aromatic heterocycles. The zero-order valence-electron chi connectivity index (χ0n) is 18.0. The molecule has 5 rings (SSSR count). The van der Waals surface area contributed by atoms with Crippen molar-refractivity contribution < 1.29 is 14.2 Å². The lowest BCUT2D eigenvalue weighted by Gasteiger charge is -2.15. The van der Waals surface area contributed by atoms with Crippen molar-refractivity contribution in [1.82, 2.24) is 0 Å². The quantitative estimate of drug-likeness (QED) is 0.261. The van der Waals surface area contributed by atoms with Gasteiger partial charge in [-0.15, -0.1) is 0 Å². The molecule has 3 nitrogen and oxygen atoms in total. The third kappa shape index (κ3) is 4.23. The van der Waals surface area contributed by atoms with Crippen molar-refractivity contribution in [1.29, 1.82) is 0 Å². The monoisotopic (exact) mass is 420 g/mol. The third-order valence-corrected chi connectivity index (χ3v) is 5.56. The van der Waals surface area contributed by atoms with Crippen LogP contribution in [-0.4, -0.2) is 7.11 Å². The minimum Gasteiger partial charge on any atom is -0.497 e. The summed E-state index contributed by atoms with van der Waals surface area (Å²) in [7, 11) is 1.68. The van der Waals surface area contributed by atoms with Gasteiger partial charge in [-0.05, 0) is 51.6 Å². The summed E-state index contributed by atoms with van der Waals surface area (Å²) >= 11 is 0. The Balaban J connectivity index is 1.50. The molecule has 0 unspecified atom stereocenters. The maximum Gasteiger partial charge on any atom is 0.131 e. The average Bonchev–Trinajstić information content (AvgIpc) is 2.86. The summed E-state index contributed by atoms with van der Waals surface area (Å²) in [6.07, 6.45) is 0. The van der Waals surface area contributed by atoms with Crippen molar-refractivity contribution in [2.45, 2.75) is 13.2 Å². The van der Waals surface area contributed by atoms with E-state index in [-0.39, 0.29) is 0 Å². The second-order valence-corrected chi connectivity index (χ2v) is 7.72. The molecule has 0 saturated heterocycles. The molecule has 158 valence electrons. The maximum absolute atomic E-state index is 6.28. The molecule has 0 aliphatic carbocycles. The van der Waals surface area contributed by atoms with Gasteiger partial charge in [-0.3, -0.25) is 0 Å². The molecular formula is C29H24O3. The molecule has 0 saturated carbocycles. The molecule has 0 aliphatic heterocycles. The number of ether oxygens (including phenoxy) is 3. The molecule has 3 heteroatoms. The lowest BCUT2D eigenvalue weighted by atomic mass is 10.0. The van der Waals surface area contributed by atoms with Gasteiger partial charge in [0, 0.05) is 11.5 Å². The van der Waals surface area contributed by atoms with Crippen LogP contribution in [0.4, 0.5) is 0 Å². The van der Waals surface area contributed by atoms with Gasteiger partial charge in [0.2, 0.25) is 0 Å². The van der Waals surface area contributed by atoms with E-state index in [2.05, 4.69) is 48.5 Å². The van der Waals surface area contributed by atoms with Crippen LogP contribution in [0.5, 0.6) is 17.2 Å². The largest absolute Gasteiger partial charge is 0.497 e. The standard InChI is InChI=1S/C29H24O3/c1-30-26-17-24-13-12-23-16-25(31-19-21-8-4-2-5-9-21)14-15-27(23)29(24)28(18-26)32-20-22-10-6-3-7-11-22/h2-18H,19-20H2,1H3. The van der Waals surface area contributed by atoms with E-state index in [9.17, 15) is 0 Å². The molecule has 5 aromatic rings. The van der Waals surface area contributed by atoms with Gasteiger partial charge in [0.15, 0.2) is 0 Å². The van der Waals surface area contributed by atoms with Gasteiger partial charge in [0.1, 0.15) is 30.5 Å². The maximum atomic E-state index is 6.28. The lowest BCUT2D eigenvalue weighted by molar-refractivity contribution is 0.306. The number of hydrogen-bond donors (Lipinski definition) is 0.